The van der Waals surface area contributed by atoms with Gasteiger partial charge in [-0.15, -0.1) is 0 Å². The molecule has 0 radical (unpaired) electrons. The lowest BCUT2D eigenvalue weighted by Crippen LogP contribution is -2.33. The van der Waals surface area contributed by atoms with Gasteiger partial charge in [-0.2, -0.15) is 0 Å². The number of hydrogen-bond acceptors (Lipinski definition) is 4. The van der Waals surface area contributed by atoms with Crippen LogP contribution in [0.1, 0.15) is 18.4 Å². The number of hydrogen-bond donors (Lipinski definition) is 1. The number of esters is 1. The van der Waals surface area contributed by atoms with Gasteiger partial charge in [-0.3, -0.25) is 9.59 Å². The van der Waals surface area contributed by atoms with Crippen LogP contribution in [0, 0.1) is 0 Å². The van der Waals surface area contributed by atoms with Gasteiger partial charge in [-0.25, -0.2) is 0 Å². The summed E-state index contributed by atoms with van der Waals surface area (Å²) in [5, 5.41) is 3.22. The molecule has 0 aliphatic heterocycles. The highest BCUT2D eigenvalue weighted by Gasteiger charge is 2.52. The van der Waals surface area contributed by atoms with Crippen molar-refractivity contribution < 1.29 is 19.1 Å². The topological polar surface area (TPSA) is 64.6 Å². The molecule has 1 fully saturated rings. The lowest BCUT2D eigenvalue weighted by molar-refractivity contribution is -0.151. The van der Waals surface area contributed by atoms with E-state index in [1.54, 1.807) is 19.2 Å². The monoisotopic (exact) mass is 311 g/mol. The van der Waals surface area contributed by atoms with Crippen molar-refractivity contribution in [3.05, 3.63) is 34.9 Å². The second-order valence-electron chi connectivity index (χ2n) is 5.01. The van der Waals surface area contributed by atoms with Crippen molar-refractivity contribution in [2.24, 2.45) is 0 Å². The molecule has 0 heterocycles. The first kappa shape index (κ1) is 15.8. The highest BCUT2D eigenvalue weighted by Crippen LogP contribution is 2.49. The minimum absolute atomic E-state index is 0.266. The van der Waals surface area contributed by atoms with E-state index in [1.165, 1.54) is 0 Å². The van der Waals surface area contributed by atoms with Gasteiger partial charge in [-0.05, 0) is 30.5 Å². The molecular formula is C15H18ClNO4. The summed E-state index contributed by atoms with van der Waals surface area (Å²) in [6.07, 6.45) is 1.47. The van der Waals surface area contributed by atoms with Crippen LogP contribution < -0.4 is 5.32 Å². The van der Waals surface area contributed by atoms with Crippen LogP contribution >= 0.6 is 11.6 Å². The van der Waals surface area contributed by atoms with Gasteiger partial charge in [0, 0.05) is 18.7 Å². The van der Waals surface area contributed by atoms with E-state index in [0.29, 0.717) is 18.2 Å². The first-order valence-corrected chi connectivity index (χ1v) is 7.15. The third-order valence-corrected chi connectivity index (χ3v) is 3.75. The zero-order valence-electron chi connectivity index (χ0n) is 11.9. The number of ether oxygens (including phenoxy) is 2. The van der Waals surface area contributed by atoms with E-state index in [2.05, 4.69) is 5.32 Å². The van der Waals surface area contributed by atoms with Crippen LogP contribution in [0.3, 0.4) is 0 Å². The summed E-state index contributed by atoms with van der Waals surface area (Å²) >= 11 is 5.85. The molecule has 0 bridgehead atoms. The number of amides is 1. The molecule has 0 atom stereocenters. The molecular weight excluding hydrogens is 294 g/mol. The molecule has 1 aromatic carbocycles. The standard InChI is InChI=1S/C15H18ClNO4/c1-20-9-8-17-13(18)10-21-14(19)15(6-7-15)11-2-4-12(16)5-3-11/h2-5H,6-10H2,1H3,(H,17,18). The summed E-state index contributed by atoms with van der Waals surface area (Å²) in [4.78, 5) is 23.7. The molecule has 1 saturated carbocycles. The fourth-order valence-corrected chi connectivity index (χ4v) is 2.24. The van der Waals surface area contributed by atoms with Crippen molar-refractivity contribution in [1.82, 2.24) is 5.32 Å². The molecule has 1 aliphatic carbocycles. The maximum Gasteiger partial charge on any atom is 0.317 e. The summed E-state index contributed by atoms with van der Waals surface area (Å²) in [6.45, 7) is 0.557. The number of methoxy groups -OCH3 is 1. The van der Waals surface area contributed by atoms with Gasteiger partial charge in [0.2, 0.25) is 0 Å². The highest BCUT2D eigenvalue weighted by molar-refractivity contribution is 6.30. The van der Waals surface area contributed by atoms with E-state index in [0.717, 1.165) is 18.4 Å². The van der Waals surface area contributed by atoms with Crippen LogP contribution in [-0.2, 0) is 24.5 Å². The molecule has 1 N–H and O–H groups in total. The number of halogens is 1. The first-order valence-electron chi connectivity index (χ1n) is 6.77. The number of carbonyl (C=O) groups excluding carboxylic acids is 2. The van der Waals surface area contributed by atoms with Crippen LogP contribution in [0.25, 0.3) is 0 Å². The Morgan fingerprint density at radius 3 is 2.52 bits per heavy atom. The molecule has 0 spiro atoms. The van der Waals surface area contributed by atoms with Crippen LogP contribution in [-0.4, -0.2) is 38.7 Å². The van der Waals surface area contributed by atoms with Gasteiger partial charge >= 0.3 is 5.97 Å². The summed E-state index contributed by atoms with van der Waals surface area (Å²) in [5.74, 6) is -0.681. The van der Waals surface area contributed by atoms with Gasteiger partial charge in [-0.1, -0.05) is 23.7 Å². The molecule has 1 aliphatic rings. The third kappa shape index (κ3) is 3.95. The zero-order chi connectivity index (χ0) is 15.3. The Balaban J connectivity index is 1.85. The largest absolute Gasteiger partial charge is 0.455 e. The van der Waals surface area contributed by atoms with Crippen LogP contribution in [0.5, 0.6) is 0 Å². The third-order valence-electron chi connectivity index (χ3n) is 3.50. The Hall–Kier alpha value is -1.59. The Morgan fingerprint density at radius 1 is 1.29 bits per heavy atom. The van der Waals surface area contributed by atoms with E-state index in [1.807, 2.05) is 12.1 Å². The Bertz CT molecular complexity index is 511. The average Bonchev–Trinajstić information content (AvgIpc) is 3.27. The first-order chi connectivity index (χ1) is 10.1. The van der Waals surface area contributed by atoms with E-state index in [9.17, 15) is 9.59 Å². The summed E-state index contributed by atoms with van der Waals surface area (Å²) in [5.41, 5.74) is 0.286. The molecule has 114 valence electrons. The lowest BCUT2D eigenvalue weighted by atomic mass is 9.96. The highest BCUT2D eigenvalue weighted by atomic mass is 35.5. The van der Waals surface area contributed by atoms with Crippen molar-refractivity contribution >= 4 is 23.5 Å². The van der Waals surface area contributed by atoms with Gasteiger partial charge in [0.05, 0.1) is 12.0 Å². The van der Waals surface area contributed by atoms with E-state index >= 15 is 0 Å². The van der Waals surface area contributed by atoms with E-state index in [4.69, 9.17) is 21.1 Å². The normalized spacial score (nSPS) is 15.3. The van der Waals surface area contributed by atoms with Crippen molar-refractivity contribution in [3.63, 3.8) is 0 Å². The molecule has 0 aromatic heterocycles. The molecule has 2 rings (SSSR count). The van der Waals surface area contributed by atoms with Crippen LogP contribution in [0.15, 0.2) is 24.3 Å². The van der Waals surface area contributed by atoms with Crippen molar-refractivity contribution in [3.8, 4) is 0 Å². The molecule has 0 saturated heterocycles. The predicted molar refractivity (Wildman–Crippen MR) is 78.2 cm³/mol. The molecule has 21 heavy (non-hydrogen) atoms. The second-order valence-corrected chi connectivity index (χ2v) is 5.44. The van der Waals surface area contributed by atoms with Crippen LogP contribution in [0.2, 0.25) is 5.02 Å². The molecule has 5 nitrogen and oxygen atoms in total. The fraction of sp³-hybridized carbons (Fsp3) is 0.467. The maximum absolute atomic E-state index is 12.2. The number of nitrogens with one attached hydrogen (secondary N) is 1. The Labute approximate surface area is 128 Å². The van der Waals surface area contributed by atoms with Gasteiger partial charge in [0.15, 0.2) is 6.61 Å². The number of rotatable bonds is 7. The van der Waals surface area contributed by atoms with Crippen molar-refractivity contribution in [2.75, 3.05) is 26.9 Å². The molecule has 0 unspecified atom stereocenters. The summed E-state index contributed by atoms with van der Waals surface area (Å²) in [6, 6.07) is 7.16. The minimum Gasteiger partial charge on any atom is -0.455 e. The maximum atomic E-state index is 12.2. The van der Waals surface area contributed by atoms with Crippen molar-refractivity contribution in [1.29, 1.82) is 0 Å². The minimum atomic E-state index is -0.600. The van der Waals surface area contributed by atoms with Gasteiger partial charge < -0.3 is 14.8 Å². The van der Waals surface area contributed by atoms with Crippen LogP contribution in [0.4, 0.5) is 0 Å². The zero-order valence-corrected chi connectivity index (χ0v) is 12.6. The second kappa shape index (κ2) is 6.91. The number of benzene rings is 1. The lowest BCUT2D eigenvalue weighted by Gasteiger charge is -2.15. The van der Waals surface area contributed by atoms with Gasteiger partial charge in [0.1, 0.15) is 0 Å². The fourth-order valence-electron chi connectivity index (χ4n) is 2.12. The molecule has 1 amide bonds. The smallest absolute Gasteiger partial charge is 0.317 e. The Morgan fingerprint density at radius 2 is 1.95 bits per heavy atom. The van der Waals surface area contributed by atoms with E-state index < -0.39 is 5.41 Å². The SMILES string of the molecule is COCCNC(=O)COC(=O)C1(c2ccc(Cl)cc2)CC1. The van der Waals surface area contributed by atoms with Gasteiger partial charge in [0.25, 0.3) is 5.91 Å². The van der Waals surface area contributed by atoms with E-state index in [-0.39, 0.29) is 18.5 Å². The Kier molecular flexibility index (Phi) is 5.20. The summed E-state index contributed by atoms with van der Waals surface area (Å²) in [7, 11) is 1.55. The summed E-state index contributed by atoms with van der Waals surface area (Å²) < 4.78 is 9.94. The molecule has 1 aromatic rings. The predicted octanol–water partition coefficient (Wildman–Crippen LogP) is 1.68. The number of carbonyl (C=O) groups is 2. The van der Waals surface area contributed by atoms with Crippen molar-refractivity contribution in [2.45, 2.75) is 18.3 Å². The average molecular weight is 312 g/mol. The molecule has 6 heteroatoms. The quantitative estimate of drug-likeness (QED) is 0.614.